The van der Waals surface area contributed by atoms with Crippen LogP contribution in [0, 0.1) is 0 Å². The van der Waals surface area contributed by atoms with Crippen LogP contribution in [0.3, 0.4) is 0 Å². The van der Waals surface area contributed by atoms with Crippen LogP contribution in [0.5, 0.6) is 0 Å². The van der Waals surface area contributed by atoms with Crippen LogP contribution in [0.15, 0.2) is 4.99 Å². The first-order chi connectivity index (χ1) is 12.2. The summed E-state index contributed by atoms with van der Waals surface area (Å²) in [6, 6.07) is 0.631. The Kier molecular flexibility index (Phi) is 8.68. The molecule has 3 aliphatic rings. The first kappa shape index (κ1) is 21.5. The van der Waals surface area contributed by atoms with Crippen molar-refractivity contribution in [1.29, 1.82) is 0 Å². The molecule has 0 aromatic carbocycles. The van der Waals surface area contributed by atoms with Gasteiger partial charge < -0.3 is 24.6 Å². The van der Waals surface area contributed by atoms with Gasteiger partial charge in [0, 0.05) is 52.4 Å². The largest absolute Gasteiger partial charge is 0.450 e. The Morgan fingerprint density at radius 2 is 1.96 bits per heavy atom. The van der Waals surface area contributed by atoms with Gasteiger partial charge in [0.2, 0.25) is 0 Å². The van der Waals surface area contributed by atoms with Crippen LogP contribution in [-0.2, 0) is 9.47 Å². The van der Waals surface area contributed by atoms with E-state index in [4.69, 9.17) is 9.47 Å². The SMILES string of the molecule is CCOC(=O)N1CCN(C(=NC)NCC2CN3CCCC3CO2)CC1.I. The molecular formula is C17H32IN5O3. The zero-order valence-electron chi connectivity index (χ0n) is 15.9. The lowest BCUT2D eigenvalue weighted by Crippen LogP contribution is -2.56. The number of amides is 1. The third-order valence-corrected chi connectivity index (χ3v) is 5.27. The molecule has 3 fully saturated rings. The number of hydrogen-bond acceptors (Lipinski definition) is 5. The molecule has 1 N–H and O–H groups in total. The second kappa shape index (κ2) is 10.5. The van der Waals surface area contributed by atoms with Gasteiger partial charge in [-0.15, -0.1) is 24.0 Å². The fourth-order valence-corrected chi connectivity index (χ4v) is 3.86. The molecule has 0 radical (unpaired) electrons. The molecule has 0 aromatic rings. The van der Waals surface area contributed by atoms with Crippen LogP contribution in [-0.4, -0.2) is 105 Å². The van der Waals surface area contributed by atoms with Crippen molar-refractivity contribution in [2.24, 2.45) is 4.99 Å². The molecule has 0 aliphatic carbocycles. The van der Waals surface area contributed by atoms with Crippen LogP contribution in [0.25, 0.3) is 0 Å². The molecule has 9 heteroatoms. The number of nitrogens with zero attached hydrogens (tertiary/aromatic N) is 4. The van der Waals surface area contributed by atoms with Gasteiger partial charge in [-0.25, -0.2) is 4.79 Å². The fourth-order valence-electron chi connectivity index (χ4n) is 3.86. The van der Waals surface area contributed by atoms with E-state index in [1.54, 1.807) is 11.9 Å². The number of aliphatic imine (C=N–C) groups is 1. The molecule has 0 saturated carbocycles. The van der Waals surface area contributed by atoms with Crippen LogP contribution >= 0.6 is 24.0 Å². The van der Waals surface area contributed by atoms with Gasteiger partial charge in [0.25, 0.3) is 0 Å². The van der Waals surface area contributed by atoms with Gasteiger partial charge in [-0.2, -0.15) is 0 Å². The molecular weight excluding hydrogens is 449 g/mol. The quantitative estimate of drug-likeness (QED) is 0.366. The first-order valence-corrected chi connectivity index (χ1v) is 9.44. The minimum Gasteiger partial charge on any atom is -0.450 e. The highest BCUT2D eigenvalue weighted by Crippen LogP contribution is 2.22. The minimum atomic E-state index is -0.221. The average molecular weight is 481 g/mol. The Hall–Kier alpha value is -0.810. The second-order valence-electron chi connectivity index (χ2n) is 6.85. The molecule has 0 spiro atoms. The molecule has 3 rings (SSSR count). The smallest absolute Gasteiger partial charge is 0.409 e. The van der Waals surface area contributed by atoms with E-state index in [0.717, 1.165) is 38.7 Å². The normalized spacial score (nSPS) is 26.9. The maximum Gasteiger partial charge on any atom is 0.409 e. The highest BCUT2D eigenvalue weighted by molar-refractivity contribution is 14.0. The average Bonchev–Trinajstić information content (AvgIpc) is 3.11. The zero-order valence-corrected chi connectivity index (χ0v) is 18.2. The van der Waals surface area contributed by atoms with Crippen molar-refractivity contribution in [2.45, 2.75) is 31.9 Å². The van der Waals surface area contributed by atoms with Crippen molar-refractivity contribution in [3.8, 4) is 0 Å². The molecule has 26 heavy (non-hydrogen) atoms. The van der Waals surface area contributed by atoms with Crippen LogP contribution in [0.4, 0.5) is 4.79 Å². The van der Waals surface area contributed by atoms with E-state index in [1.807, 2.05) is 6.92 Å². The van der Waals surface area contributed by atoms with Gasteiger partial charge in [-0.3, -0.25) is 9.89 Å². The summed E-state index contributed by atoms with van der Waals surface area (Å²) in [4.78, 5) is 22.7. The molecule has 0 bridgehead atoms. The maximum atomic E-state index is 11.8. The Labute approximate surface area is 173 Å². The van der Waals surface area contributed by atoms with Crippen LogP contribution in [0.1, 0.15) is 19.8 Å². The molecule has 1 amide bonds. The van der Waals surface area contributed by atoms with E-state index in [2.05, 4.69) is 20.1 Å². The lowest BCUT2D eigenvalue weighted by atomic mass is 10.2. The van der Waals surface area contributed by atoms with E-state index in [9.17, 15) is 4.79 Å². The van der Waals surface area contributed by atoms with Crippen molar-refractivity contribution in [3.05, 3.63) is 0 Å². The highest BCUT2D eigenvalue weighted by Gasteiger charge is 2.32. The predicted molar refractivity (Wildman–Crippen MR) is 111 cm³/mol. The van der Waals surface area contributed by atoms with Crippen molar-refractivity contribution in [1.82, 2.24) is 20.0 Å². The van der Waals surface area contributed by atoms with E-state index >= 15 is 0 Å². The molecule has 3 aliphatic heterocycles. The summed E-state index contributed by atoms with van der Waals surface area (Å²) >= 11 is 0. The zero-order chi connectivity index (χ0) is 17.6. The third-order valence-electron chi connectivity index (χ3n) is 5.27. The van der Waals surface area contributed by atoms with E-state index < -0.39 is 0 Å². The third kappa shape index (κ3) is 5.35. The van der Waals surface area contributed by atoms with E-state index in [0.29, 0.717) is 25.7 Å². The Bertz CT molecular complexity index is 485. The number of nitrogens with one attached hydrogen (secondary N) is 1. The molecule has 8 nitrogen and oxygen atoms in total. The summed E-state index contributed by atoms with van der Waals surface area (Å²) in [7, 11) is 1.80. The van der Waals surface area contributed by atoms with Gasteiger partial charge >= 0.3 is 6.09 Å². The van der Waals surface area contributed by atoms with Crippen molar-refractivity contribution >= 4 is 36.0 Å². The minimum absolute atomic E-state index is 0. The van der Waals surface area contributed by atoms with Crippen molar-refractivity contribution in [2.75, 3.05) is 66.1 Å². The number of halogens is 1. The molecule has 3 heterocycles. The predicted octanol–water partition coefficient (Wildman–Crippen LogP) is 0.817. The summed E-state index contributed by atoms with van der Waals surface area (Å²) in [6.45, 7) is 8.93. The number of carbonyl (C=O) groups excluding carboxylic acids is 1. The standard InChI is InChI=1S/C17H31N5O3.HI/c1-3-24-17(23)21-9-7-20(8-10-21)16(18-2)19-11-15-12-22-6-4-5-14(22)13-25-15;/h14-15H,3-13H2,1-2H3,(H,18,19);1H. The molecule has 2 unspecified atom stereocenters. The Morgan fingerprint density at radius 3 is 2.65 bits per heavy atom. The lowest BCUT2D eigenvalue weighted by molar-refractivity contribution is -0.0455. The van der Waals surface area contributed by atoms with E-state index in [-0.39, 0.29) is 36.2 Å². The number of ether oxygens (including phenoxy) is 2. The number of morpholine rings is 1. The number of rotatable bonds is 3. The first-order valence-electron chi connectivity index (χ1n) is 9.44. The number of fused-ring (bicyclic) bond motifs is 1. The highest BCUT2D eigenvalue weighted by atomic mass is 127. The summed E-state index contributed by atoms with van der Waals surface area (Å²) in [5, 5.41) is 3.45. The second-order valence-corrected chi connectivity index (χ2v) is 6.85. The monoisotopic (exact) mass is 481 g/mol. The Morgan fingerprint density at radius 1 is 1.23 bits per heavy atom. The van der Waals surface area contributed by atoms with E-state index in [1.165, 1.54) is 19.4 Å². The summed E-state index contributed by atoms with van der Waals surface area (Å²) in [5.41, 5.74) is 0. The number of hydrogen-bond donors (Lipinski definition) is 1. The summed E-state index contributed by atoms with van der Waals surface area (Å²) < 4.78 is 11.1. The van der Waals surface area contributed by atoms with Gasteiger partial charge in [-0.05, 0) is 26.3 Å². The molecule has 0 aromatic heterocycles. The molecule has 150 valence electrons. The topological polar surface area (TPSA) is 69.6 Å². The number of guanidine groups is 1. The number of carbonyl (C=O) groups is 1. The van der Waals surface area contributed by atoms with Crippen molar-refractivity contribution < 1.29 is 14.3 Å². The fraction of sp³-hybridized carbons (Fsp3) is 0.882. The maximum absolute atomic E-state index is 11.8. The van der Waals surface area contributed by atoms with Crippen molar-refractivity contribution in [3.63, 3.8) is 0 Å². The Balaban J connectivity index is 0.00000243. The van der Waals surface area contributed by atoms with Gasteiger partial charge in [-0.1, -0.05) is 0 Å². The van der Waals surface area contributed by atoms with Gasteiger partial charge in [0.1, 0.15) is 0 Å². The summed E-state index contributed by atoms with van der Waals surface area (Å²) in [5.74, 6) is 0.885. The van der Waals surface area contributed by atoms with Crippen LogP contribution < -0.4 is 5.32 Å². The van der Waals surface area contributed by atoms with Gasteiger partial charge in [0.15, 0.2) is 5.96 Å². The molecule has 3 saturated heterocycles. The van der Waals surface area contributed by atoms with Crippen LogP contribution in [0.2, 0.25) is 0 Å². The lowest BCUT2D eigenvalue weighted by Gasteiger charge is -2.38. The molecule has 2 atom stereocenters. The summed E-state index contributed by atoms with van der Waals surface area (Å²) in [6.07, 6.45) is 2.56. The van der Waals surface area contributed by atoms with Gasteiger partial charge in [0.05, 0.1) is 19.3 Å². The number of piperazine rings is 1.